The Bertz CT molecular complexity index is 266. The predicted molar refractivity (Wildman–Crippen MR) is 61.8 cm³/mol. The zero-order chi connectivity index (χ0) is 9.86. The lowest BCUT2D eigenvalue weighted by atomic mass is 9.77. The van der Waals surface area contributed by atoms with E-state index in [1.165, 1.54) is 37.9 Å². The summed E-state index contributed by atoms with van der Waals surface area (Å²) in [7, 11) is 0. The quantitative estimate of drug-likeness (QED) is 0.739. The molecule has 0 bridgehead atoms. The van der Waals surface area contributed by atoms with Crippen molar-refractivity contribution in [2.24, 2.45) is 5.41 Å². The van der Waals surface area contributed by atoms with E-state index >= 15 is 0 Å². The van der Waals surface area contributed by atoms with Crippen LogP contribution in [0.3, 0.4) is 0 Å². The molecule has 0 aromatic carbocycles. The third-order valence-electron chi connectivity index (χ3n) is 2.94. The maximum Gasteiger partial charge on any atom is 0.174 e. The molecule has 0 unspecified atom stereocenters. The van der Waals surface area contributed by atoms with Crippen LogP contribution in [0, 0.1) is 5.41 Å². The maximum atomic E-state index is 4.06. The van der Waals surface area contributed by atoms with Gasteiger partial charge < -0.3 is 0 Å². The third kappa shape index (κ3) is 2.70. The molecular formula is C10H16N2S2. The van der Waals surface area contributed by atoms with Crippen LogP contribution in [0.5, 0.6) is 0 Å². The molecule has 14 heavy (non-hydrogen) atoms. The van der Waals surface area contributed by atoms with Crippen LogP contribution in [0.15, 0.2) is 9.85 Å². The van der Waals surface area contributed by atoms with Crippen molar-refractivity contribution in [2.45, 2.75) is 43.4 Å². The van der Waals surface area contributed by atoms with E-state index in [1.807, 2.05) is 17.3 Å². The molecule has 0 aliphatic heterocycles. The summed E-state index contributed by atoms with van der Waals surface area (Å²) in [5, 5.41) is 7.92. The number of aromatic nitrogens is 2. The Balaban J connectivity index is 1.84. The van der Waals surface area contributed by atoms with Gasteiger partial charge in [-0.15, -0.1) is 10.2 Å². The molecule has 4 heteroatoms. The van der Waals surface area contributed by atoms with Gasteiger partial charge in [-0.2, -0.15) is 0 Å². The highest BCUT2D eigenvalue weighted by Gasteiger charge is 2.26. The largest absolute Gasteiger partial charge is 0.174 e. The fourth-order valence-corrected chi connectivity index (χ4v) is 3.73. The summed E-state index contributed by atoms with van der Waals surface area (Å²) >= 11 is 3.53. The van der Waals surface area contributed by atoms with Gasteiger partial charge in [0.05, 0.1) is 0 Å². The van der Waals surface area contributed by atoms with Crippen molar-refractivity contribution >= 4 is 23.1 Å². The molecule has 1 aliphatic rings. The van der Waals surface area contributed by atoms with Crippen LogP contribution in [0.4, 0.5) is 0 Å². The predicted octanol–water partition coefficient (Wildman–Crippen LogP) is 3.60. The first-order chi connectivity index (χ1) is 6.79. The minimum atomic E-state index is 0.550. The van der Waals surface area contributed by atoms with Crippen molar-refractivity contribution in [1.29, 1.82) is 0 Å². The lowest BCUT2D eigenvalue weighted by Gasteiger charge is -2.32. The maximum absolute atomic E-state index is 4.06. The van der Waals surface area contributed by atoms with E-state index in [2.05, 4.69) is 17.1 Å². The van der Waals surface area contributed by atoms with Crippen LogP contribution in [0.1, 0.15) is 39.0 Å². The smallest absolute Gasteiger partial charge is 0.146 e. The van der Waals surface area contributed by atoms with Crippen molar-refractivity contribution in [3.8, 4) is 0 Å². The lowest BCUT2D eigenvalue weighted by molar-refractivity contribution is 0.251. The van der Waals surface area contributed by atoms with Crippen LogP contribution in [0.2, 0.25) is 0 Å². The van der Waals surface area contributed by atoms with Gasteiger partial charge in [-0.1, -0.05) is 49.3 Å². The molecule has 2 nitrogen and oxygen atoms in total. The van der Waals surface area contributed by atoms with Crippen molar-refractivity contribution in [3.63, 3.8) is 0 Å². The van der Waals surface area contributed by atoms with Crippen LogP contribution in [-0.4, -0.2) is 16.0 Å². The number of hydrogen-bond donors (Lipinski definition) is 0. The zero-order valence-electron chi connectivity index (χ0n) is 8.53. The van der Waals surface area contributed by atoms with E-state index in [1.54, 1.807) is 11.3 Å². The molecule has 2 rings (SSSR count). The molecule has 0 radical (unpaired) electrons. The number of hydrogen-bond acceptors (Lipinski definition) is 4. The Kier molecular flexibility index (Phi) is 3.44. The van der Waals surface area contributed by atoms with Gasteiger partial charge in [-0.3, -0.25) is 0 Å². The minimum Gasteiger partial charge on any atom is -0.146 e. The molecule has 1 fully saturated rings. The molecule has 1 heterocycles. The molecule has 0 saturated heterocycles. The first-order valence-electron chi connectivity index (χ1n) is 5.18. The van der Waals surface area contributed by atoms with Gasteiger partial charge in [0.1, 0.15) is 5.51 Å². The Morgan fingerprint density at radius 3 is 2.86 bits per heavy atom. The van der Waals surface area contributed by atoms with Gasteiger partial charge in [0.2, 0.25) is 0 Å². The second-order valence-electron chi connectivity index (χ2n) is 4.36. The molecule has 1 aromatic heterocycles. The van der Waals surface area contributed by atoms with E-state index in [4.69, 9.17) is 0 Å². The van der Waals surface area contributed by atoms with E-state index < -0.39 is 0 Å². The molecular weight excluding hydrogens is 212 g/mol. The van der Waals surface area contributed by atoms with Crippen molar-refractivity contribution in [2.75, 3.05) is 5.75 Å². The van der Waals surface area contributed by atoms with E-state index in [0.29, 0.717) is 5.41 Å². The number of thioether (sulfide) groups is 1. The summed E-state index contributed by atoms with van der Waals surface area (Å²) in [6, 6.07) is 0. The zero-order valence-corrected chi connectivity index (χ0v) is 10.2. The fraction of sp³-hybridized carbons (Fsp3) is 0.800. The summed E-state index contributed by atoms with van der Waals surface area (Å²) in [6.07, 6.45) is 7.02. The van der Waals surface area contributed by atoms with Crippen molar-refractivity contribution in [1.82, 2.24) is 10.2 Å². The van der Waals surface area contributed by atoms with Crippen LogP contribution < -0.4 is 0 Å². The minimum absolute atomic E-state index is 0.550. The Hall–Kier alpha value is -0.0900. The first-order valence-corrected chi connectivity index (χ1v) is 7.04. The number of rotatable bonds is 3. The summed E-state index contributed by atoms with van der Waals surface area (Å²) < 4.78 is 1.12. The normalized spacial score (nSPS) is 20.9. The second kappa shape index (κ2) is 4.62. The van der Waals surface area contributed by atoms with Crippen LogP contribution >= 0.6 is 23.1 Å². The van der Waals surface area contributed by atoms with Gasteiger partial charge in [0.25, 0.3) is 0 Å². The Morgan fingerprint density at radius 2 is 2.21 bits per heavy atom. The summed E-state index contributed by atoms with van der Waals surface area (Å²) in [5.74, 6) is 1.21. The van der Waals surface area contributed by atoms with Crippen LogP contribution in [0.25, 0.3) is 0 Å². The van der Waals surface area contributed by atoms with Gasteiger partial charge in [-0.05, 0) is 18.3 Å². The summed E-state index contributed by atoms with van der Waals surface area (Å²) in [5.41, 5.74) is 2.36. The topological polar surface area (TPSA) is 25.8 Å². The summed E-state index contributed by atoms with van der Waals surface area (Å²) in [4.78, 5) is 0. The molecule has 1 saturated carbocycles. The third-order valence-corrected chi connectivity index (χ3v) is 5.24. The highest BCUT2D eigenvalue weighted by Crippen LogP contribution is 2.40. The molecule has 0 atom stereocenters. The molecule has 1 aliphatic carbocycles. The average molecular weight is 228 g/mol. The van der Waals surface area contributed by atoms with E-state index in [0.717, 1.165) is 4.34 Å². The molecule has 0 N–H and O–H groups in total. The fourth-order valence-electron chi connectivity index (χ4n) is 2.01. The second-order valence-corrected chi connectivity index (χ2v) is 6.42. The van der Waals surface area contributed by atoms with E-state index in [-0.39, 0.29) is 0 Å². The first kappa shape index (κ1) is 10.4. The van der Waals surface area contributed by atoms with Gasteiger partial charge in [-0.25, -0.2) is 0 Å². The molecule has 0 spiro atoms. The van der Waals surface area contributed by atoms with Gasteiger partial charge >= 0.3 is 0 Å². The highest BCUT2D eigenvalue weighted by molar-refractivity contribution is 8.01. The van der Waals surface area contributed by atoms with Gasteiger partial charge in [0, 0.05) is 5.75 Å². The lowest BCUT2D eigenvalue weighted by Crippen LogP contribution is -2.22. The van der Waals surface area contributed by atoms with Gasteiger partial charge in [0.15, 0.2) is 4.34 Å². The molecule has 0 amide bonds. The van der Waals surface area contributed by atoms with Crippen molar-refractivity contribution < 1.29 is 0 Å². The molecule has 78 valence electrons. The average Bonchev–Trinajstić information content (AvgIpc) is 2.69. The monoisotopic (exact) mass is 228 g/mol. The van der Waals surface area contributed by atoms with Crippen LogP contribution in [-0.2, 0) is 0 Å². The Morgan fingerprint density at radius 1 is 1.43 bits per heavy atom. The SMILES string of the molecule is CC1(CSc2nncs2)CCCCC1. The number of nitrogens with zero attached hydrogens (tertiary/aromatic N) is 2. The van der Waals surface area contributed by atoms with Crippen molar-refractivity contribution in [3.05, 3.63) is 5.51 Å². The Labute approximate surface area is 93.5 Å². The highest BCUT2D eigenvalue weighted by atomic mass is 32.2. The summed E-state index contributed by atoms with van der Waals surface area (Å²) in [6.45, 7) is 2.42. The van der Waals surface area contributed by atoms with E-state index in [9.17, 15) is 0 Å². The molecule has 1 aromatic rings. The standard InChI is InChI=1S/C10H16N2S2/c1-10(5-3-2-4-6-10)7-13-9-12-11-8-14-9/h8H,2-7H2,1H3.